The zero-order valence-electron chi connectivity index (χ0n) is 12.8. The molecule has 0 bridgehead atoms. The van der Waals surface area contributed by atoms with Crippen molar-refractivity contribution in [2.75, 3.05) is 19.8 Å². The summed E-state index contributed by atoms with van der Waals surface area (Å²) >= 11 is 5.96. The van der Waals surface area contributed by atoms with E-state index in [4.69, 9.17) is 16.3 Å². The molecule has 1 atom stereocenters. The Morgan fingerprint density at radius 2 is 2.00 bits per heavy atom. The normalized spacial score (nSPS) is 18.7. The number of rotatable bonds is 6. The van der Waals surface area contributed by atoms with E-state index in [2.05, 4.69) is 19.2 Å². The molecule has 1 aromatic carbocycles. The first-order chi connectivity index (χ1) is 10.1. The van der Waals surface area contributed by atoms with Crippen LogP contribution >= 0.6 is 11.6 Å². The Morgan fingerprint density at radius 3 is 2.52 bits per heavy atom. The Hall–Kier alpha value is -1.06. The number of ether oxygens (including phenoxy) is 1. The van der Waals surface area contributed by atoms with Crippen LogP contribution in [0.4, 0.5) is 0 Å². The monoisotopic (exact) mass is 309 g/mol. The molecule has 1 amide bonds. The summed E-state index contributed by atoms with van der Waals surface area (Å²) in [5, 5.41) is 3.83. The van der Waals surface area contributed by atoms with Gasteiger partial charge in [-0.2, -0.15) is 0 Å². The Kier molecular flexibility index (Phi) is 5.65. The first-order valence-electron chi connectivity index (χ1n) is 7.74. The molecule has 1 aromatic rings. The topological polar surface area (TPSA) is 38.3 Å². The maximum absolute atomic E-state index is 12.8. The molecule has 116 valence electrons. The third kappa shape index (κ3) is 3.58. The number of carbonyl (C=O) groups is 1. The number of halogens is 1. The van der Waals surface area contributed by atoms with Gasteiger partial charge in [-0.25, -0.2) is 0 Å². The summed E-state index contributed by atoms with van der Waals surface area (Å²) in [7, 11) is 0. The van der Waals surface area contributed by atoms with Crippen molar-refractivity contribution < 1.29 is 9.53 Å². The van der Waals surface area contributed by atoms with Crippen LogP contribution in [0.2, 0.25) is 5.02 Å². The molecular formula is C17H24ClNO2. The summed E-state index contributed by atoms with van der Waals surface area (Å²) in [6.07, 6.45) is 2.59. The fraction of sp³-hybridized carbons (Fsp3) is 0.588. The summed E-state index contributed by atoms with van der Waals surface area (Å²) in [6.45, 7) is 6.40. The molecule has 0 aliphatic carbocycles. The van der Waals surface area contributed by atoms with Crippen LogP contribution < -0.4 is 5.32 Å². The van der Waals surface area contributed by atoms with Gasteiger partial charge in [-0.1, -0.05) is 37.6 Å². The van der Waals surface area contributed by atoms with Crippen molar-refractivity contribution >= 4 is 17.5 Å². The quantitative estimate of drug-likeness (QED) is 0.872. The predicted octanol–water partition coefficient (Wildman–Crippen LogP) is 3.55. The van der Waals surface area contributed by atoms with Crippen molar-refractivity contribution in [2.24, 2.45) is 5.92 Å². The molecule has 1 aliphatic rings. The third-order valence-electron chi connectivity index (χ3n) is 4.61. The fourth-order valence-electron chi connectivity index (χ4n) is 3.03. The highest BCUT2D eigenvalue weighted by atomic mass is 35.5. The van der Waals surface area contributed by atoms with Crippen molar-refractivity contribution in [2.45, 2.75) is 38.5 Å². The van der Waals surface area contributed by atoms with E-state index in [9.17, 15) is 4.79 Å². The van der Waals surface area contributed by atoms with Crippen molar-refractivity contribution in [3.63, 3.8) is 0 Å². The molecule has 3 nitrogen and oxygen atoms in total. The largest absolute Gasteiger partial charge is 0.381 e. The maximum Gasteiger partial charge on any atom is 0.230 e. The zero-order chi connectivity index (χ0) is 15.3. The van der Waals surface area contributed by atoms with Crippen LogP contribution in [0.3, 0.4) is 0 Å². The molecule has 1 N–H and O–H groups in total. The van der Waals surface area contributed by atoms with Crippen molar-refractivity contribution in [1.29, 1.82) is 0 Å². The van der Waals surface area contributed by atoms with Gasteiger partial charge in [0.2, 0.25) is 5.91 Å². The lowest BCUT2D eigenvalue weighted by Crippen LogP contribution is -2.45. The van der Waals surface area contributed by atoms with Crippen LogP contribution in [-0.4, -0.2) is 25.7 Å². The average molecular weight is 310 g/mol. The Morgan fingerprint density at radius 1 is 1.33 bits per heavy atom. The van der Waals surface area contributed by atoms with Crippen LogP contribution in [0.5, 0.6) is 0 Å². The van der Waals surface area contributed by atoms with Crippen LogP contribution in [0.15, 0.2) is 24.3 Å². The molecule has 1 heterocycles. The average Bonchev–Trinajstić information content (AvgIpc) is 3.02. The highest BCUT2D eigenvalue weighted by molar-refractivity contribution is 6.30. The van der Waals surface area contributed by atoms with Gasteiger partial charge < -0.3 is 10.1 Å². The van der Waals surface area contributed by atoms with E-state index in [0.717, 1.165) is 38.0 Å². The van der Waals surface area contributed by atoms with Crippen molar-refractivity contribution in [3.05, 3.63) is 34.9 Å². The molecule has 0 saturated carbocycles. The number of amides is 1. The summed E-state index contributed by atoms with van der Waals surface area (Å²) in [5.41, 5.74) is 0.571. The molecule has 4 heteroatoms. The molecule has 1 aliphatic heterocycles. The molecule has 1 fully saturated rings. The molecule has 0 unspecified atom stereocenters. The Bertz CT molecular complexity index is 462. The van der Waals surface area contributed by atoms with Crippen LogP contribution in [0, 0.1) is 5.92 Å². The number of benzene rings is 1. The number of nitrogens with one attached hydrogen (secondary N) is 1. The van der Waals surface area contributed by atoms with E-state index in [-0.39, 0.29) is 5.91 Å². The minimum absolute atomic E-state index is 0.113. The lowest BCUT2D eigenvalue weighted by molar-refractivity contribution is -0.127. The van der Waals surface area contributed by atoms with Gasteiger partial charge in [0.1, 0.15) is 0 Å². The summed E-state index contributed by atoms with van der Waals surface area (Å²) in [6, 6.07) is 7.64. The van der Waals surface area contributed by atoms with Crippen LogP contribution in [0.1, 0.15) is 38.7 Å². The molecule has 0 aromatic heterocycles. The van der Waals surface area contributed by atoms with E-state index in [1.807, 2.05) is 24.3 Å². The minimum Gasteiger partial charge on any atom is -0.381 e. The van der Waals surface area contributed by atoms with E-state index >= 15 is 0 Å². The van der Waals surface area contributed by atoms with E-state index in [0.29, 0.717) is 17.5 Å². The minimum atomic E-state index is -0.468. The highest BCUT2D eigenvalue weighted by Gasteiger charge is 2.36. The number of carbonyl (C=O) groups excluding carboxylic acids is 1. The maximum atomic E-state index is 12.8. The van der Waals surface area contributed by atoms with Gasteiger partial charge in [-0.3, -0.25) is 4.79 Å². The highest BCUT2D eigenvalue weighted by Crippen LogP contribution is 2.33. The standard InChI is InChI=1S/C17H24ClNO2/c1-3-17(4-2,14-5-7-15(18)8-6-14)16(20)19-11-13-9-10-21-12-13/h5-8,13H,3-4,9-12H2,1-2H3,(H,19,20)/t13-/m1/s1. The predicted molar refractivity (Wildman–Crippen MR) is 85.6 cm³/mol. The summed E-state index contributed by atoms with van der Waals surface area (Å²) < 4.78 is 5.36. The zero-order valence-corrected chi connectivity index (χ0v) is 13.6. The van der Waals surface area contributed by atoms with Crippen molar-refractivity contribution in [3.8, 4) is 0 Å². The first-order valence-corrected chi connectivity index (χ1v) is 8.12. The second kappa shape index (κ2) is 7.28. The van der Waals surface area contributed by atoms with Gasteiger partial charge >= 0.3 is 0 Å². The molecule has 2 rings (SSSR count). The fourth-order valence-corrected chi connectivity index (χ4v) is 3.16. The number of hydrogen-bond acceptors (Lipinski definition) is 2. The number of hydrogen-bond donors (Lipinski definition) is 1. The van der Waals surface area contributed by atoms with E-state index < -0.39 is 5.41 Å². The van der Waals surface area contributed by atoms with Gasteiger partial charge in [0.15, 0.2) is 0 Å². The van der Waals surface area contributed by atoms with Gasteiger partial charge in [-0.05, 0) is 37.0 Å². The Labute approximate surface area is 132 Å². The van der Waals surface area contributed by atoms with Crippen LogP contribution in [0.25, 0.3) is 0 Å². The summed E-state index contributed by atoms with van der Waals surface area (Å²) in [5.74, 6) is 0.562. The van der Waals surface area contributed by atoms with Gasteiger partial charge in [0.05, 0.1) is 12.0 Å². The molecule has 21 heavy (non-hydrogen) atoms. The SMILES string of the molecule is CCC(CC)(C(=O)NC[C@H]1CCOC1)c1ccc(Cl)cc1. The van der Waals surface area contributed by atoms with Gasteiger partial charge in [-0.15, -0.1) is 0 Å². The van der Waals surface area contributed by atoms with E-state index in [1.165, 1.54) is 0 Å². The smallest absolute Gasteiger partial charge is 0.230 e. The lowest BCUT2D eigenvalue weighted by atomic mass is 9.75. The third-order valence-corrected chi connectivity index (χ3v) is 4.87. The molecule has 1 saturated heterocycles. The van der Waals surface area contributed by atoms with Gasteiger partial charge in [0, 0.05) is 24.1 Å². The first kappa shape index (κ1) is 16.3. The second-order valence-electron chi connectivity index (χ2n) is 5.74. The van der Waals surface area contributed by atoms with Crippen molar-refractivity contribution in [1.82, 2.24) is 5.32 Å². The molecule has 0 radical (unpaired) electrons. The molecule has 0 spiro atoms. The summed E-state index contributed by atoms with van der Waals surface area (Å²) in [4.78, 5) is 12.8. The van der Waals surface area contributed by atoms with Crippen LogP contribution in [-0.2, 0) is 14.9 Å². The van der Waals surface area contributed by atoms with Gasteiger partial charge in [0.25, 0.3) is 0 Å². The Balaban J connectivity index is 2.11. The second-order valence-corrected chi connectivity index (χ2v) is 6.17. The lowest BCUT2D eigenvalue weighted by Gasteiger charge is -2.31. The molecular weight excluding hydrogens is 286 g/mol. The van der Waals surface area contributed by atoms with E-state index in [1.54, 1.807) is 0 Å².